The predicted octanol–water partition coefficient (Wildman–Crippen LogP) is 9.96. The van der Waals surface area contributed by atoms with Crippen LogP contribution >= 0.6 is 33.9 Å². The Morgan fingerprint density at radius 2 is 1.51 bits per heavy atom. The zero-order valence-corrected chi connectivity index (χ0v) is 23.3. The summed E-state index contributed by atoms with van der Waals surface area (Å²) in [4.78, 5) is 10.9. The fourth-order valence-electron chi connectivity index (χ4n) is 4.61. The zero-order valence-electron chi connectivity index (χ0n) is 20.3. The van der Waals surface area contributed by atoms with Gasteiger partial charge in [0, 0.05) is 53.0 Å². The summed E-state index contributed by atoms with van der Waals surface area (Å²) in [5, 5.41) is 2.38. The average molecular weight is 607 g/mol. The highest BCUT2D eigenvalue weighted by Crippen LogP contribution is 2.35. The van der Waals surface area contributed by atoms with Gasteiger partial charge in [-0.2, -0.15) is 0 Å². The van der Waals surface area contributed by atoms with E-state index in [4.69, 9.17) is 9.97 Å². The Morgan fingerprint density at radius 3 is 2.30 bits per heavy atom. The van der Waals surface area contributed by atoms with Crippen molar-refractivity contribution >= 4 is 61.0 Å². The lowest BCUT2D eigenvalue weighted by molar-refractivity contribution is 1.32. The van der Waals surface area contributed by atoms with E-state index in [1.165, 1.54) is 35.2 Å². The number of hydrogen-bond donors (Lipinski definition) is 0. The molecule has 3 aromatic heterocycles. The molecule has 6 rings (SSSR count). The summed E-state index contributed by atoms with van der Waals surface area (Å²) in [6.07, 6.45) is 9.83. The van der Waals surface area contributed by atoms with Crippen LogP contribution in [0.5, 0.6) is 0 Å². The number of aryl methyl sites for hydroxylation is 1. The first-order valence-corrected chi connectivity index (χ1v) is 13.9. The molecule has 0 spiro atoms. The number of hydrogen-bond acceptors (Lipinski definition) is 3. The highest BCUT2D eigenvalue weighted by atomic mass is 127. The Labute approximate surface area is 234 Å². The molecule has 0 unspecified atom stereocenters. The lowest BCUT2D eigenvalue weighted by Gasteiger charge is -2.08. The molecule has 0 aliphatic heterocycles. The van der Waals surface area contributed by atoms with Crippen molar-refractivity contribution in [2.75, 3.05) is 0 Å². The van der Waals surface area contributed by atoms with Gasteiger partial charge in [-0.25, -0.2) is 0 Å². The fourth-order valence-corrected chi connectivity index (χ4v) is 6.00. The molecule has 0 amide bonds. The third kappa shape index (κ3) is 4.75. The monoisotopic (exact) mass is 606 g/mol. The maximum absolute atomic E-state index is 4.81. The van der Waals surface area contributed by atoms with E-state index in [0.29, 0.717) is 0 Å². The third-order valence-corrected chi connectivity index (χ3v) is 8.39. The second-order valence-corrected chi connectivity index (χ2v) is 11.5. The Balaban J connectivity index is 1.30. The molecule has 0 fully saturated rings. The maximum atomic E-state index is 4.81. The second kappa shape index (κ2) is 10.0. The van der Waals surface area contributed by atoms with Crippen LogP contribution in [0.25, 0.3) is 60.6 Å². The topological polar surface area (TPSA) is 25.8 Å². The normalized spacial score (nSPS) is 11.5. The number of benzene rings is 3. The van der Waals surface area contributed by atoms with Gasteiger partial charge in [-0.1, -0.05) is 61.2 Å². The lowest BCUT2D eigenvalue weighted by atomic mass is 10.0. The first-order valence-electron chi connectivity index (χ1n) is 12.0. The van der Waals surface area contributed by atoms with E-state index in [-0.39, 0.29) is 0 Å². The van der Waals surface area contributed by atoms with Crippen LogP contribution in [0.3, 0.4) is 0 Å². The summed E-state index contributed by atoms with van der Waals surface area (Å²) in [5.74, 6) is 0. The summed E-state index contributed by atoms with van der Waals surface area (Å²) in [6, 6.07) is 28.1. The second-order valence-electron chi connectivity index (χ2n) is 8.95. The number of nitrogens with zero attached hydrogens (tertiary/aromatic N) is 2. The standard InChI is InChI=1S/C33H23IN2S/c1-3-4-5-29-21(2)37-33-15-11-25(17-30(29)33)31-14-10-26(19-35-31)27-16-24-7-6-23(18-32(24)36-20-27)22-8-12-28(34)13-9-22/h3-20H,1H2,2H3/b5-4-. The SMILES string of the molecule is C=C/C=C\c1c(C)sc2ccc(-c3ccc(-c4cnc5cc(-c6ccc(I)cc6)ccc5c4)cn3)cc12. The molecule has 0 radical (unpaired) electrons. The molecule has 3 heterocycles. The van der Waals surface area contributed by atoms with Gasteiger partial charge in [0.15, 0.2) is 0 Å². The smallest absolute Gasteiger partial charge is 0.0708 e. The summed E-state index contributed by atoms with van der Waals surface area (Å²) < 4.78 is 2.52. The van der Waals surface area contributed by atoms with Crippen molar-refractivity contribution in [1.29, 1.82) is 0 Å². The van der Waals surface area contributed by atoms with E-state index >= 15 is 0 Å². The molecule has 0 saturated carbocycles. The largest absolute Gasteiger partial charge is 0.256 e. The Kier molecular flexibility index (Phi) is 6.45. The summed E-state index contributed by atoms with van der Waals surface area (Å²) in [6.45, 7) is 5.97. The van der Waals surface area contributed by atoms with E-state index in [9.17, 15) is 0 Å². The van der Waals surface area contributed by atoms with Gasteiger partial charge in [0.05, 0.1) is 11.2 Å². The van der Waals surface area contributed by atoms with Gasteiger partial charge in [-0.05, 0) is 88.7 Å². The number of fused-ring (bicyclic) bond motifs is 2. The molecule has 0 atom stereocenters. The Morgan fingerprint density at radius 1 is 0.757 bits per heavy atom. The van der Waals surface area contributed by atoms with Crippen LogP contribution in [0.1, 0.15) is 10.4 Å². The van der Waals surface area contributed by atoms with Gasteiger partial charge in [0.25, 0.3) is 0 Å². The molecule has 4 heteroatoms. The highest BCUT2D eigenvalue weighted by Gasteiger charge is 2.10. The number of allylic oxidation sites excluding steroid dienone is 2. The van der Waals surface area contributed by atoms with Gasteiger partial charge in [0.1, 0.15) is 0 Å². The van der Waals surface area contributed by atoms with Gasteiger partial charge in [-0.3, -0.25) is 9.97 Å². The van der Waals surface area contributed by atoms with E-state index < -0.39 is 0 Å². The van der Waals surface area contributed by atoms with E-state index in [1.54, 1.807) is 0 Å². The van der Waals surface area contributed by atoms with Crippen LogP contribution in [0.15, 0.2) is 110 Å². The summed E-state index contributed by atoms with van der Waals surface area (Å²) in [7, 11) is 0. The number of thiophene rings is 1. The average Bonchev–Trinajstić information content (AvgIpc) is 3.25. The molecule has 0 saturated heterocycles. The van der Waals surface area contributed by atoms with Crippen molar-refractivity contribution in [3.05, 3.63) is 124 Å². The molecule has 0 aliphatic rings. The summed E-state index contributed by atoms with van der Waals surface area (Å²) in [5.41, 5.74) is 8.82. The number of rotatable bonds is 5. The Hall–Kier alpha value is -3.61. The third-order valence-electron chi connectivity index (χ3n) is 6.57. The fraction of sp³-hybridized carbons (Fsp3) is 0.0303. The molecular weight excluding hydrogens is 583 g/mol. The quantitative estimate of drug-likeness (QED) is 0.144. The van der Waals surface area contributed by atoms with E-state index in [1.807, 2.05) is 35.9 Å². The van der Waals surface area contributed by atoms with Crippen molar-refractivity contribution in [3.63, 3.8) is 0 Å². The molecule has 37 heavy (non-hydrogen) atoms. The zero-order chi connectivity index (χ0) is 25.4. The van der Waals surface area contributed by atoms with Crippen LogP contribution in [0.4, 0.5) is 0 Å². The van der Waals surface area contributed by atoms with Gasteiger partial charge in [-0.15, -0.1) is 11.3 Å². The van der Waals surface area contributed by atoms with Crippen molar-refractivity contribution in [1.82, 2.24) is 9.97 Å². The molecule has 0 bridgehead atoms. The lowest BCUT2D eigenvalue weighted by Crippen LogP contribution is -1.88. The van der Waals surface area contributed by atoms with Crippen molar-refractivity contribution in [3.8, 4) is 33.5 Å². The Bertz CT molecular complexity index is 1800. The van der Waals surface area contributed by atoms with Crippen molar-refractivity contribution in [2.24, 2.45) is 0 Å². The minimum atomic E-state index is 0.962. The number of halogens is 1. The van der Waals surface area contributed by atoms with Crippen molar-refractivity contribution in [2.45, 2.75) is 6.92 Å². The van der Waals surface area contributed by atoms with Gasteiger partial charge < -0.3 is 0 Å². The minimum Gasteiger partial charge on any atom is -0.256 e. The molecule has 0 N–H and O–H groups in total. The number of aromatic nitrogens is 2. The molecular formula is C33H23IN2S. The van der Waals surface area contributed by atoms with E-state index in [0.717, 1.165) is 33.3 Å². The van der Waals surface area contributed by atoms with Crippen LogP contribution in [-0.4, -0.2) is 9.97 Å². The van der Waals surface area contributed by atoms with Crippen LogP contribution < -0.4 is 0 Å². The van der Waals surface area contributed by atoms with Gasteiger partial charge in [0.2, 0.25) is 0 Å². The number of pyridine rings is 2. The van der Waals surface area contributed by atoms with Crippen LogP contribution in [0, 0.1) is 10.5 Å². The molecule has 3 aromatic carbocycles. The molecule has 0 aliphatic carbocycles. The maximum Gasteiger partial charge on any atom is 0.0708 e. The van der Waals surface area contributed by atoms with E-state index in [2.05, 4.69) is 121 Å². The summed E-state index contributed by atoms with van der Waals surface area (Å²) >= 11 is 4.15. The minimum absolute atomic E-state index is 0.962. The predicted molar refractivity (Wildman–Crippen MR) is 168 cm³/mol. The molecule has 178 valence electrons. The highest BCUT2D eigenvalue weighted by molar-refractivity contribution is 14.1. The van der Waals surface area contributed by atoms with Gasteiger partial charge >= 0.3 is 0 Å². The van der Waals surface area contributed by atoms with Crippen LogP contribution in [-0.2, 0) is 0 Å². The molecule has 6 aromatic rings. The first-order chi connectivity index (χ1) is 18.1. The molecule has 2 nitrogen and oxygen atoms in total. The first kappa shape index (κ1) is 23.8. The van der Waals surface area contributed by atoms with Crippen LogP contribution in [0.2, 0.25) is 0 Å². The van der Waals surface area contributed by atoms with Crippen molar-refractivity contribution < 1.29 is 0 Å².